The monoisotopic (exact) mass is 659 g/mol. The van der Waals surface area contributed by atoms with E-state index in [2.05, 4.69) is 36.7 Å². The van der Waals surface area contributed by atoms with Gasteiger partial charge in [0.1, 0.15) is 29.7 Å². The van der Waals surface area contributed by atoms with Gasteiger partial charge >= 0.3 is 0 Å². The predicted octanol–water partition coefficient (Wildman–Crippen LogP) is 4.41. The molecule has 1 atom stereocenters. The fourth-order valence-electron chi connectivity index (χ4n) is 7.73. The standard InChI is InChI=1S/C36H46FN7O4/c1-5-44(24(2)3)35(45)28-14-25(37)6-7-31(28)48-33-17-38-23-40-34(33)43-21-36(22-43)15-26(16-36)47-32-8-10-39-30-9-11-42(20-29(30)32)19-27-18-41(4)12-13-46-27/h6-8,10,14,17,23-24,26-27H,5,9,11-13,15-16,18-22H2,1-4H3/t27-/m0/s1. The number of carbonyl (C=O) groups excluding carboxylic acids is 1. The molecule has 1 spiro atoms. The minimum Gasteiger partial charge on any atom is -0.490 e. The molecule has 2 saturated heterocycles. The summed E-state index contributed by atoms with van der Waals surface area (Å²) in [7, 11) is 2.16. The summed E-state index contributed by atoms with van der Waals surface area (Å²) < 4.78 is 33.2. The molecule has 48 heavy (non-hydrogen) atoms. The summed E-state index contributed by atoms with van der Waals surface area (Å²) in [5, 5.41) is 0. The highest BCUT2D eigenvalue weighted by molar-refractivity contribution is 5.97. The van der Waals surface area contributed by atoms with E-state index in [1.54, 1.807) is 11.1 Å². The van der Waals surface area contributed by atoms with E-state index in [0.29, 0.717) is 18.1 Å². The lowest BCUT2D eigenvalue weighted by molar-refractivity contribution is -0.0403. The molecule has 256 valence electrons. The number of amides is 1. The molecule has 1 amide bonds. The van der Waals surface area contributed by atoms with Crippen molar-refractivity contribution in [2.45, 2.75) is 64.8 Å². The van der Waals surface area contributed by atoms with Crippen molar-refractivity contribution in [2.75, 3.05) is 64.4 Å². The molecule has 0 radical (unpaired) electrons. The van der Waals surface area contributed by atoms with E-state index in [0.717, 1.165) is 83.1 Å². The third kappa shape index (κ3) is 6.70. The van der Waals surface area contributed by atoms with Crippen LogP contribution < -0.4 is 14.4 Å². The molecular weight excluding hydrogens is 613 g/mol. The number of fused-ring (bicyclic) bond motifs is 1. The molecule has 0 unspecified atom stereocenters. The Balaban J connectivity index is 0.974. The zero-order valence-corrected chi connectivity index (χ0v) is 28.4. The van der Waals surface area contributed by atoms with Crippen molar-refractivity contribution in [2.24, 2.45) is 5.41 Å². The zero-order chi connectivity index (χ0) is 33.4. The van der Waals surface area contributed by atoms with Gasteiger partial charge in [0.2, 0.25) is 0 Å². The van der Waals surface area contributed by atoms with Crippen molar-refractivity contribution in [1.82, 2.24) is 29.7 Å². The van der Waals surface area contributed by atoms with Crippen LogP contribution >= 0.6 is 0 Å². The van der Waals surface area contributed by atoms with Gasteiger partial charge in [0, 0.05) is 87.7 Å². The Kier molecular flexibility index (Phi) is 9.23. The van der Waals surface area contributed by atoms with E-state index in [9.17, 15) is 9.18 Å². The first-order chi connectivity index (χ1) is 23.2. The maximum Gasteiger partial charge on any atom is 0.257 e. The summed E-state index contributed by atoms with van der Waals surface area (Å²) in [5.41, 5.74) is 2.69. The molecule has 3 fully saturated rings. The fraction of sp³-hybridized carbons (Fsp3) is 0.556. The van der Waals surface area contributed by atoms with Gasteiger partial charge in [0.15, 0.2) is 11.6 Å². The van der Waals surface area contributed by atoms with E-state index >= 15 is 0 Å². The molecule has 3 aromatic rings. The van der Waals surface area contributed by atoms with Crippen molar-refractivity contribution in [3.8, 4) is 17.2 Å². The number of rotatable bonds is 10. The lowest BCUT2D eigenvalue weighted by Crippen LogP contribution is -2.65. The number of carbonyl (C=O) groups is 1. The summed E-state index contributed by atoms with van der Waals surface area (Å²) >= 11 is 0. The first kappa shape index (κ1) is 32.7. The molecule has 0 N–H and O–H groups in total. The molecule has 0 bridgehead atoms. The summed E-state index contributed by atoms with van der Waals surface area (Å²) in [6.07, 6.45) is 8.22. The Hall–Kier alpha value is -3.87. The molecule has 5 heterocycles. The first-order valence-corrected chi connectivity index (χ1v) is 17.2. The van der Waals surface area contributed by atoms with Gasteiger partial charge in [-0.15, -0.1) is 0 Å². The molecule has 1 aliphatic carbocycles. The zero-order valence-electron chi connectivity index (χ0n) is 28.4. The number of ether oxygens (including phenoxy) is 3. The number of aromatic nitrogens is 3. The summed E-state index contributed by atoms with van der Waals surface area (Å²) in [4.78, 5) is 35.5. The largest absolute Gasteiger partial charge is 0.490 e. The van der Waals surface area contributed by atoms with Crippen LogP contribution in [0.1, 0.15) is 55.2 Å². The highest BCUT2D eigenvalue weighted by Crippen LogP contribution is 2.52. The van der Waals surface area contributed by atoms with Crippen LogP contribution in [-0.4, -0.2) is 113 Å². The SMILES string of the molecule is CCN(C(=O)c1cc(F)ccc1Oc1cncnc1N1CC2(CC(Oc3ccnc4c3CN(C[C@@H]3CN(C)CCO3)CC4)C2)C1)C(C)C. The second-order valence-electron chi connectivity index (χ2n) is 14.1. The van der Waals surface area contributed by atoms with Crippen molar-refractivity contribution >= 4 is 11.7 Å². The number of pyridine rings is 1. The Morgan fingerprint density at radius 3 is 2.75 bits per heavy atom. The van der Waals surface area contributed by atoms with Crippen LogP contribution in [0, 0.1) is 11.2 Å². The number of hydrogen-bond donors (Lipinski definition) is 0. The van der Waals surface area contributed by atoms with Gasteiger partial charge in [-0.25, -0.2) is 14.4 Å². The lowest BCUT2D eigenvalue weighted by Gasteiger charge is -2.59. The van der Waals surface area contributed by atoms with Gasteiger partial charge in [-0.2, -0.15) is 0 Å². The summed E-state index contributed by atoms with van der Waals surface area (Å²) in [5.74, 6) is 1.56. The van der Waals surface area contributed by atoms with E-state index in [-0.39, 0.29) is 40.9 Å². The molecule has 7 rings (SSSR count). The number of nitrogens with zero attached hydrogens (tertiary/aromatic N) is 7. The Morgan fingerprint density at radius 1 is 1.15 bits per heavy atom. The number of benzene rings is 1. The smallest absolute Gasteiger partial charge is 0.257 e. The Morgan fingerprint density at radius 2 is 1.98 bits per heavy atom. The van der Waals surface area contributed by atoms with Crippen LogP contribution in [0.2, 0.25) is 0 Å². The second-order valence-corrected chi connectivity index (χ2v) is 14.1. The fourth-order valence-corrected chi connectivity index (χ4v) is 7.73. The number of morpholine rings is 1. The summed E-state index contributed by atoms with van der Waals surface area (Å²) in [6, 6.07) is 6.02. The average molecular weight is 660 g/mol. The molecule has 11 nitrogen and oxygen atoms in total. The third-order valence-corrected chi connectivity index (χ3v) is 10.2. The van der Waals surface area contributed by atoms with Crippen LogP contribution in [0.3, 0.4) is 0 Å². The van der Waals surface area contributed by atoms with Gasteiger partial charge in [0.05, 0.1) is 24.5 Å². The molecular formula is C36H46FN7O4. The normalized spacial score (nSPS) is 21.0. The number of anilines is 1. The molecule has 12 heteroatoms. The molecule has 4 aliphatic rings. The predicted molar refractivity (Wildman–Crippen MR) is 179 cm³/mol. The molecule has 3 aliphatic heterocycles. The maximum absolute atomic E-state index is 14.3. The second kappa shape index (κ2) is 13.6. The van der Waals surface area contributed by atoms with Gasteiger partial charge in [-0.1, -0.05) is 0 Å². The van der Waals surface area contributed by atoms with Crippen LogP contribution in [0.5, 0.6) is 17.2 Å². The molecule has 2 aromatic heterocycles. The van der Waals surface area contributed by atoms with Crippen molar-refractivity contribution in [3.63, 3.8) is 0 Å². The lowest BCUT2D eigenvalue weighted by atomic mass is 9.61. The Bertz CT molecular complexity index is 1630. The average Bonchev–Trinajstić information content (AvgIpc) is 3.03. The number of halogens is 1. The highest BCUT2D eigenvalue weighted by Gasteiger charge is 2.54. The van der Waals surface area contributed by atoms with Crippen LogP contribution in [0.15, 0.2) is 43.0 Å². The van der Waals surface area contributed by atoms with Gasteiger partial charge in [0.25, 0.3) is 5.91 Å². The topological polar surface area (TPSA) is 96.4 Å². The Labute approximate surface area is 282 Å². The number of likely N-dealkylation sites (N-methyl/N-ethyl adjacent to an activating group) is 1. The van der Waals surface area contributed by atoms with Gasteiger partial charge in [-0.3, -0.25) is 14.7 Å². The maximum atomic E-state index is 14.3. The van der Waals surface area contributed by atoms with Crippen molar-refractivity contribution in [1.29, 1.82) is 0 Å². The number of hydrogen-bond acceptors (Lipinski definition) is 10. The van der Waals surface area contributed by atoms with E-state index in [1.807, 2.05) is 33.0 Å². The first-order valence-electron chi connectivity index (χ1n) is 17.2. The van der Waals surface area contributed by atoms with E-state index in [4.69, 9.17) is 14.2 Å². The summed E-state index contributed by atoms with van der Waals surface area (Å²) in [6.45, 7) is 13.4. The van der Waals surface area contributed by atoms with Crippen molar-refractivity contribution < 1.29 is 23.4 Å². The minimum absolute atomic E-state index is 0.0377. The van der Waals surface area contributed by atoms with Crippen LogP contribution in [0.25, 0.3) is 0 Å². The van der Waals surface area contributed by atoms with Crippen molar-refractivity contribution in [3.05, 3.63) is 65.6 Å². The molecule has 1 aromatic carbocycles. The van der Waals surface area contributed by atoms with E-state index in [1.165, 1.54) is 30.1 Å². The van der Waals surface area contributed by atoms with Gasteiger partial charge < -0.3 is 28.9 Å². The van der Waals surface area contributed by atoms with Crippen LogP contribution in [-0.2, 0) is 17.7 Å². The molecule has 1 saturated carbocycles. The van der Waals surface area contributed by atoms with E-state index < -0.39 is 5.82 Å². The quantitative estimate of drug-likeness (QED) is 0.312. The minimum atomic E-state index is -0.492. The third-order valence-electron chi connectivity index (χ3n) is 10.2. The highest BCUT2D eigenvalue weighted by atomic mass is 19.1. The van der Waals surface area contributed by atoms with Crippen LogP contribution in [0.4, 0.5) is 10.2 Å². The van der Waals surface area contributed by atoms with Gasteiger partial charge in [-0.05, 0) is 64.9 Å².